The predicted molar refractivity (Wildman–Crippen MR) is 110 cm³/mol. The number of aryl methyl sites for hydroxylation is 1. The van der Waals surface area contributed by atoms with Crippen molar-refractivity contribution in [3.05, 3.63) is 40.5 Å². The van der Waals surface area contributed by atoms with Crippen LogP contribution in [0.3, 0.4) is 0 Å². The fourth-order valence-corrected chi connectivity index (χ4v) is 5.63. The Morgan fingerprint density at radius 3 is 3.10 bits per heavy atom. The van der Waals surface area contributed by atoms with Crippen LogP contribution in [0, 0.1) is 5.92 Å². The van der Waals surface area contributed by atoms with Crippen LogP contribution >= 0.6 is 11.3 Å². The van der Waals surface area contributed by atoms with E-state index in [-0.39, 0.29) is 5.92 Å². The Morgan fingerprint density at radius 2 is 2.31 bits per heavy atom. The highest BCUT2D eigenvalue weighted by molar-refractivity contribution is 7.19. The van der Waals surface area contributed by atoms with Gasteiger partial charge in [-0.2, -0.15) is 5.10 Å². The lowest BCUT2D eigenvalue weighted by Gasteiger charge is -2.35. The van der Waals surface area contributed by atoms with Crippen molar-refractivity contribution in [2.75, 3.05) is 12.4 Å². The van der Waals surface area contributed by atoms with Gasteiger partial charge in [-0.15, -0.1) is 11.3 Å². The Balaban J connectivity index is 1.56. The SMILES string of the molecule is COC1=Cn2nccc2CC1(C)Nc1ncnc2sc3c(c12)CCC(C(=O)O)C3. The standard InChI is InChI=1S/C20H21N5O3S/c1-20(8-12-5-6-23-25(12)9-15(20)28-2)24-17-16-13-4-3-11(19(26)27)7-14(13)29-18(16)22-10-21-17/h5-6,9-11H,3-4,7-8H2,1-2H3,(H,26,27)(H,21,22,24). The summed E-state index contributed by atoms with van der Waals surface area (Å²) in [4.78, 5) is 22.5. The van der Waals surface area contributed by atoms with Crippen molar-refractivity contribution < 1.29 is 14.6 Å². The molecular formula is C20H21N5O3S. The molecule has 2 unspecified atom stereocenters. The van der Waals surface area contributed by atoms with Crippen LogP contribution in [-0.2, 0) is 28.8 Å². The van der Waals surface area contributed by atoms with Gasteiger partial charge in [0, 0.05) is 23.2 Å². The number of fused-ring (bicyclic) bond motifs is 4. The molecule has 3 aromatic rings. The van der Waals surface area contributed by atoms with E-state index in [9.17, 15) is 9.90 Å². The van der Waals surface area contributed by atoms with E-state index in [1.54, 1.807) is 31.0 Å². The van der Waals surface area contributed by atoms with Crippen molar-refractivity contribution in [3.8, 4) is 0 Å². The minimum Gasteiger partial charge on any atom is -0.497 e. The molecule has 0 spiro atoms. The Kier molecular flexibility index (Phi) is 4.09. The number of hydrogen-bond donors (Lipinski definition) is 2. The summed E-state index contributed by atoms with van der Waals surface area (Å²) in [5.74, 6) is 0.494. The zero-order valence-electron chi connectivity index (χ0n) is 16.2. The van der Waals surface area contributed by atoms with Crippen LogP contribution < -0.4 is 5.32 Å². The van der Waals surface area contributed by atoms with Crippen molar-refractivity contribution >= 4 is 39.5 Å². The number of nitrogens with one attached hydrogen (secondary N) is 1. The molecule has 5 rings (SSSR count). The van der Waals surface area contributed by atoms with Gasteiger partial charge in [-0.05, 0) is 37.8 Å². The summed E-state index contributed by atoms with van der Waals surface area (Å²) in [6.45, 7) is 2.09. The zero-order valence-corrected chi connectivity index (χ0v) is 17.0. The molecule has 2 aliphatic rings. The summed E-state index contributed by atoms with van der Waals surface area (Å²) < 4.78 is 7.51. The quantitative estimate of drug-likeness (QED) is 0.680. The van der Waals surface area contributed by atoms with E-state index in [1.807, 2.05) is 16.9 Å². The summed E-state index contributed by atoms with van der Waals surface area (Å²) in [6.07, 6.45) is 7.87. The van der Waals surface area contributed by atoms with Crippen LogP contribution in [0.2, 0.25) is 0 Å². The number of carboxylic acids is 1. The molecule has 0 fully saturated rings. The Bertz CT molecular complexity index is 1150. The second kappa shape index (κ2) is 6.55. The minimum atomic E-state index is -0.723. The summed E-state index contributed by atoms with van der Waals surface area (Å²) in [6, 6.07) is 2.00. The molecule has 8 nitrogen and oxygen atoms in total. The highest BCUT2D eigenvalue weighted by Crippen LogP contribution is 2.41. The van der Waals surface area contributed by atoms with Gasteiger partial charge in [-0.25, -0.2) is 14.6 Å². The number of thiophene rings is 1. The van der Waals surface area contributed by atoms with Gasteiger partial charge in [-0.1, -0.05) is 0 Å². The van der Waals surface area contributed by atoms with Gasteiger partial charge in [0.2, 0.25) is 0 Å². The first-order valence-corrected chi connectivity index (χ1v) is 10.3. The van der Waals surface area contributed by atoms with Gasteiger partial charge in [0.1, 0.15) is 28.3 Å². The molecule has 9 heteroatoms. The van der Waals surface area contributed by atoms with Crippen LogP contribution in [0.5, 0.6) is 0 Å². The number of aromatic nitrogens is 4. The highest BCUT2D eigenvalue weighted by Gasteiger charge is 2.37. The molecule has 3 aromatic heterocycles. The van der Waals surface area contributed by atoms with E-state index >= 15 is 0 Å². The van der Waals surface area contributed by atoms with Gasteiger partial charge >= 0.3 is 5.97 Å². The number of hydrogen-bond acceptors (Lipinski definition) is 7. The molecule has 0 aromatic carbocycles. The third kappa shape index (κ3) is 2.88. The number of anilines is 1. The highest BCUT2D eigenvalue weighted by atomic mass is 32.1. The van der Waals surface area contributed by atoms with Gasteiger partial charge in [0.15, 0.2) is 0 Å². The van der Waals surface area contributed by atoms with E-state index in [1.165, 1.54) is 5.56 Å². The molecule has 0 radical (unpaired) electrons. The molecule has 2 N–H and O–H groups in total. The number of aliphatic carboxylic acids is 1. The van der Waals surface area contributed by atoms with Crippen molar-refractivity contribution in [3.63, 3.8) is 0 Å². The second-order valence-electron chi connectivity index (χ2n) is 7.78. The lowest BCUT2D eigenvalue weighted by molar-refractivity contribution is -0.142. The van der Waals surface area contributed by atoms with Crippen LogP contribution in [-0.4, -0.2) is 43.5 Å². The van der Waals surface area contributed by atoms with Crippen LogP contribution in [0.25, 0.3) is 16.4 Å². The molecule has 1 aliphatic heterocycles. The molecular weight excluding hydrogens is 390 g/mol. The largest absolute Gasteiger partial charge is 0.497 e. The third-order valence-electron chi connectivity index (χ3n) is 5.88. The molecule has 0 saturated carbocycles. The van der Waals surface area contributed by atoms with E-state index < -0.39 is 11.5 Å². The summed E-state index contributed by atoms with van der Waals surface area (Å²) >= 11 is 1.58. The monoisotopic (exact) mass is 411 g/mol. The predicted octanol–water partition coefficient (Wildman–Crippen LogP) is 2.95. The van der Waals surface area contributed by atoms with Gasteiger partial charge in [0.05, 0.1) is 24.6 Å². The molecule has 1 aliphatic carbocycles. The molecule has 29 heavy (non-hydrogen) atoms. The van der Waals surface area contributed by atoms with Crippen molar-refractivity contribution in [2.45, 2.75) is 38.1 Å². The lowest BCUT2D eigenvalue weighted by Crippen LogP contribution is -2.43. The number of carboxylic acid groups (broad SMARTS) is 1. The normalized spacial score (nSPS) is 23.2. The number of carbonyl (C=O) groups is 1. The summed E-state index contributed by atoms with van der Waals surface area (Å²) in [5, 5.41) is 18.3. The molecule has 4 heterocycles. The third-order valence-corrected chi connectivity index (χ3v) is 7.04. The molecule has 0 saturated heterocycles. The average Bonchev–Trinajstić information content (AvgIpc) is 3.29. The maximum absolute atomic E-state index is 11.4. The summed E-state index contributed by atoms with van der Waals surface area (Å²) in [5.41, 5.74) is 1.78. The number of ether oxygens (including phenoxy) is 1. The molecule has 150 valence electrons. The fraction of sp³-hybridized carbons (Fsp3) is 0.400. The van der Waals surface area contributed by atoms with Gasteiger partial charge in [0.25, 0.3) is 0 Å². The lowest BCUT2D eigenvalue weighted by atomic mass is 9.87. The van der Waals surface area contributed by atoms with Crippen molar-refractivity contribution in [1.29, 1.82) is 0 Å². The maximum atomic E-state index is 11.4. The Labute approximate surface area is 171 Å². The maximum Gasteiger partial charge on any atom is 0.306 e. The Morgan fingerprint density at radius 1 is 1.45 bits per heavy atom. The minimum absolute atomic E-state index is 0.320. The first-order valence-electron chi connectivity index (χ1n) is 9.53. The number of nitrogens with zero attached hydrogens (tertiary/aromatic N) is 4. The smallest absolute Gasteiger partial charge is 0.306 e. The summed E-state index contributed by atoms with van der Waals surface area (Å²) in [7, 11) is 1.66. The van der Waals surface area contributed by atoms with E-state index in [4.69, 9.17) is 4.74 Å². The van der Waals surface area contributed by atoms with Crippen LogP contribution in [0.1, 0.15) is 29.5 Å². The van der Waals surface area contributed by atoms with E-state index in [0.29, 0.717) is 19.3 Å². The van der Waals surface area contributed by atoms with Gasteiger partial charge < -0.3 is 15.2 Å². The molecule has 0 amide bonds. The first-order chi connectivity index (χ1) is 14.0. The zero-order chi connectivity index (χ0) is 20.2. The van der Waals surface area contributed by atoms with E-state index in [0.717, 1.165) is 38.8 Å². The van der Waals surface area contributed by atoms with Gasteiger partial charge in [-0.3, -0.25) is 4.79 Å². The van der Waals surface area contributed by atoms with Crippen molar-refractivity contribution in [1.82, 2.24) is 19.7 Å². The second-order valence-corrected chi connectivity index (χ2v) is 8.87. The van der Waals surface area contributed by atoms with Crippen LogP contribution in [0.15, 0.2) is 24.3 Å². The van der Waals surface area contributed by atoms with Crippen LogP contribution in [0.4, 0.5) is 5.82 Å². The topological polar surface area (TPSA) is 102 Å². The van der Waals surface area contributed by atoms with E-state index in [2.05, 4.69) is 27.3 Å². The first kappa shape index (κ1) is 18.1. The Hall–Kier alpha value is -2.94. The molecule has 0 bridgehead atoms. The average molecular weight is 411 g/mol. The molecule has 2 atom stereocenters. The number of methoxy groups -OCH3 is 1. The van der Waals surface area contributed by atoms with Crippen molar-refractivity contribution in [2.24, 2.45) is 5.92 Å². The fourth-order valence-electron chi connectivity index (χ4n) is 4.36. The number of rotatable bonds is 4.